The Hall–Kier alpha value is -0.610. The van der Waals surface area contributed by atoms with Crippen LogP contribution in [-0.2, 0) is 6.54 Å². The van der Waals surface area contributed by atoms with E-state index in [1.54, 1.807) is 11.3 Å². The molecule has 0 unspecified atom stereocenters. The number of nitrogens with two attached hydrogens (primary N) is 1. The van der Waals surface area contributed by atoms with E-state index >= 15 is 0 Å². The predicted molar refractivity (Wildman–Crippen MR) is 74.7 cm³/mol. The van der Waals surface area contributed by atoms with Crippen LogP contribution >= 0.6 is 22.9 Å². The summed E-state index contributed by atoms with van der Waals surface area (Å²) in [5.74, 6) is 0. The van der Waals surface area contributed by atoms with Crippen LogP contribution in [0.15, 0.2) is 24.3 Å². The van der Waals surface area contributed by atoms with Gasteiger partial charge in [0, 0.05) is 40.6 Å². The minimum atomic E-state index is 0.336. The summed E-state index contributed by atoms with van der Waals surface area (Å²) in [5, 5.41) is 2.10. The fourth-order valence-corrected chi connectivity index (χ4v) is 3.91. The van der Waals surface area contributed by atoms with Crippen molar-refractivity contribution in [2.75, 3.05) is 13.1 Å². The van der Waals surface area contributed by atoms with Gasteiger partial charge in [0.2, 0.25) is 0 Å². The molecule has 17 heavy (non-hydrogen) atoms. The fraction of sp³-hybridized carbons (Fsp3) is 0.385. The normalized spacial score (nSPS) is 21.4. The summed E-state index contributed by atoms with van der Waals surface area (Å²) in [5.41, 5.74) is 5.92. The molecular formula is C13H15ClN2S. The number of thiophene rings is 1. The molecule has 2 aromatic rings. The summed E-state index contributed by atoms with van der Waals surface area (Å²) in [7, 11) is 0. The van der Waals surface area contributed by atoms with Crippen LogP contribution in [0.1, 0.15) is 11.3 Å². The van der Waals surface area contributed by atoms with Crippen molar-refractivity contribution in [1.29, 1.82) is 0 Å². The SMILES string of the molecule is N[C@@H]1CCN(Cc2sc3ccccc3c2Cl)C1. The molecule has 0 bridgehead atoms. The largest absolute Gasteiger partial charge is 0.326 e. The third-order valence-corrected chi connectivity index (χ3v) is 4.98. The first-order valence-corrected chi connectivity index (χ1v) is 7.07. The summed E-state index contributed by atoms with van der Waals surface area (Å²) in [6.45, 7) is 3.02. The zero-order chi connectivity index (χ0) is 11.8. The van der Waals surface area contributed by atoms with Gasteiger partial charge in [-0.1, -0.05) is 29.8 Å². The molecule has 2 heterocycles. The molecule has 2 nitrogen and oxygen atoms in total. The Kier molecular flexibility index (Phi) is 3.09. The first kappa shape index (κ1) is 11.5. The smallest absolute Gasteiger partial charge is 0.0637 e. The molecule has 1 aliphatic heterocycles. The Balaban J connectivity index is 1.88. The molecule has 90 valence electrons. The van der Waals surface area contributed by atoms with E-state index in [9.17, 15) is 0 Å². The van der Waals surface area contributed by atoms with Gasteiger partial charge in [0.15, 0.2) is 0 Å². The molecule has 4 heteroatoms. The van der Waals surface area contributed by atoms with Crippen LogP contribution in [-0.4, -0.2) is 24.0 Å². The van der Waals surface area contributed by atoms with E-state index < -0.39 is 0 Å². The van der Waals surface area contributed by atoms with Gasteiger partial charge in [0.1, 0.15) is 0 Å². The Labute approximate surface area is 110 Å². The number of halogens is 1. The van der Waals surface area contributed by atoms with Crippen LogP contribution in [0.5, 0.6) is 0 Å². The first-order chi connectivity index (χ1) is 8.24. The molecule has 0 saturated carbocycles. The number of likely N-dealkylation sites (tertiary alicyclic amines) is 1. The molecule has 2 N–H and O–H groups in total. The van der Waals surface area contributed by atoms with Gasteiger partial charge in [0.25, 0.3) is 0 Å². The highest BCUT2D eigenvalue weighted by molar-refractivity contribution is 7.19. The number of nitrogens with zero attached hydrogens (tertiary/aromatic N) is 1. The minimum Gasteiger partial charge on any atom is -0.326 e. The third kappa shape index (κ3) is 2.20. The summed E-state index contributed by atoms with van der Waals surface area (Å²) in [6.07, 6.45) is 1.10. The van der Waals surface area contributed by atoms with Crippen LogP contribution in [0, 0.1) is 0 Å². The van der Waals surface area contributed by atoms with Crippen LogP contribution in [0.4, 0.5) is 0 Å². The van der Waals surface area contributed by atoms with Gasteiger partial charge in [-0.15, -0.1) is 11.3 Å². The number of rotatable bonds is 2. The summed E-state index contributed by atoms with van der Waals surface area (Å²) in [6, 6.07) is 8.66. The third-order valence-electron chi connectivity index (χ3n) is 3.28. The quantitative estimate of drug-likeness (QED) is 0.905. The zero-order valence-electron chi connectivity index (χ0n) is 9.53. The van der Waals surface area contributed by atoms with Crippen LogP contribution in [0.25, 0.3) is 10.1 Å². The molecule has 1 aromatic carbocycles. The standard InChI is InChI=1S/C13H15ClN2S/c14-13-10-3-1-2-4-11(10)17-12(13)8-16-6-5-9(15)7-16/h1-4,9H,5-8,15H2/t9-/m1/s1. The molecule has 0 radical (unpaired) electrons. The topological polar surface area (TPSA) is 29.3 Å². The molecule has 0 spiro atoms. The lowest BCUT2D eigenvalue weighted by Gasteiger charge is -2.13. The summed E-state index contributed by atoms with van der Waals surface area (Å²) in [4.78, 5) is 3.66. The van der Waals surface area contributed by atoms with Crippen molar-refractivity contribution >= 4 is 33.0 Å². The molecule has 0 amide bonds. The average molecular weight is 267 g/mol. The van der Waals surface area contributed by atoms with E-state index in [0.29, 0.717) is 6.04 Å². The zero-order valence-corrected chi connectivity index (χ0v) is 11.1. The Bertz CT molecular complexity index is 537. The fourth-order valence-electron chi connectivity index (χ4n) is 2.38. The predicted octanol–water partition coefficient (Wildman–Crippen LogP) is 3.09. The van der Waals surface area contributed by atoms with Crippen LogP contribution in [0.3, 0.4) is 0 Å². The Morgan fingerprint density at radius 1 is 1.41 bits per heavy atom. The highest BCUT2D eigenvalue weighted by Gasteiger charge is 2.21. The van der Waals surface area contributed by atoms with Gasteiger partial charge in [-0.2, -0.15) is 0 Å². The average Bonchev–Trinajstić information content (AvgIpc) is 2.86. The maximum absolute atomic E-state index is 6.42. The van der Waals surface area contributed by atoms with Crippen molar-refractivity contribution in [3.8, 4) is 0 Å². The van der Waals surface area contributed by atoms with E-state index in [4.69, 9.17) is 17.3 Å². The molecule has 1 fully saturated rings. The maximum Gasteiger partial charge on any atom is 0.0637 e. The lowest BCUT2D eigenvalue weighted by Crippen LogP contribution is -2.26. The van der Waals surface area contributed by atoms with Gasteiger partial charge in [-0.3, -0.25) is 4.90 Å². The van der Waals surface area contributed by atoms with Crippen molar-refractivity contribution < 1.29 is 0 Å². The highest BCUT2D eigenvalue weighted by atomic mass is 35.5. The molecule has 0 aliphatic carbocycles. The second-order valence-corrected chi connectivity index (χ2v) is 6.13. The monoisotopic (exact) mass is 266 g/mol. The summed E-state index contributed by atoms with van der Waals surface area (Å²) >= 11 is 8.22. The van der Waals surface area contributed by atoms with Gasteiger partial charge in [-0.25, -0.2) is 0 Å². The molecule has 3 rings (SSSR count). The number of fused-ring (bicyclic) bond motifs is 1. The van der Waals surface area contributed by atoms with Crippen molar-refractivity contribution in [2.24, 2.45) is 5.73 Å². The Morgan fingerprint density at radius 3 is 2.94 bits per heavy atom. The van der Waals surface area contributed by atoms with Crippen LogP contribution in [0.2, 0.25) is 5.02 Å². The second kappa shape index (κ2) is 4.58. The van der Waals surface area contributed by atoms with Gasteiger partial charge in [0.05, 0.1) is 5.02 Å². The van der Waals surface area contributed by atoms with E-state index in [-0.39, 0.29) is 0 Å². The molecule has 1 saturated heterocycles. The number of benzene rings is 1. The number of hydrogen-bond donors (Lipinski definition) is 1. The van der Waals surface area contributed by atoms with Crippen molar-refractivity contribution in [1.82, 2.24) is 4.90 Å². The van der Waals surface area contributed by atoms with E-state index in [0.717, 1.165) is 31.1 Å². The minimum absolute atomic E-state index is 0.336. The van der Waals surface area contributed by atoms with E-state index in [1.165, 1.54) is 15.0 Å². The maximum atomic E-state index is 6.42. The van der Waals surface area contributed by atoms with Gasteiger partial charge >= 0.3 is 0 Å². The molecule has 1 aromatic heterocycles. The first-order valence-electron chi connectivity index (χ1n) is 5.88. The molecule has 1 atom stereocenters. The van der Waals surface area contributed by atoms with Gasteiger partial charge < -0.3 is 5.73 Å². The molecular weight excluding hydrogens is 252 g/mol. The highest BCUT2D eigenvalue weighted by Crippen LogP contribution is 2.36. The lowest BCUT2D eigenvalue weighted by atomic mass is 10.2. The number of hydrogen-bond acceptors (Lipinski definition) is 3. The van der Waals surface area contributed by atoms with Crippen molar-refractivity contribution in [3.05, 3.63) is 34.2 Å². The summed E-state index contributed by atoms with van der Waals surface area (Å²) < 4.78 is 1.27. The van der Waals surface area contributed by atoms with Gasteiger partial charge in [-0.05, 0) is 12.5 Å². The van der Waals surface area contributed by atoms with Crippen LogP contribution < -0.4 is 5.73 Å². The van der Waals surface area contributed by atoms with Crippen molar-refractivity contribution in [3.63, 3.8) is 0 Å². The second-order valence-electron chi connectivity index (χ2n) is 4.62. The Morgan fingerprint density at radius 2 is 2.24 bits per heavy atom. The van der Waals surface area contributed by atoms with E-state index in [2.05, 4.69) is 23.1 Å². The molecule has 1 aliphatic rings. The van der Waals surface area contributed by atoms with Crippen molar-refractivity contribution in [2.45, 2.75) is 19.0 Å². The lowest BCUT2D eigenvalue weighted by molar-refractivity contribution is 0.330. The van der Waals surface area contributed by atoms with E-state index in [1.807, 2.05) is 6.07 Å².